The number of hydrogen-bond donors (Lipinski definition) is 7. The molecule has 0 aliphatic rings. The molecule has 6 aromatic carbocycles. The number of fused-ring (bicyclic) bond motifs is 3. The van der Waals surface area contributed by atoms with Gasteiger partial charge in [0.05, 0.1) is 30.2 Å². The monoisotopic (exact) mass is 875 g/mol. The van der Waals surface area contributed by atoms with Gasteiger partial charge in [-0.05, 0) is 103 Å². The minimum Gasteiger partial charge on any atom is -0.507 e. The molecule has 7 aromatic rings. The highest BCUT2D eigenvalue weighted by molar-refractivity contribution is 6.30. The molecule has 0 unspecified atom stereocenters. The van der Waals surface area contributed by atoms with Crippen LogP contribution in [0.1, 0.15) is 104 Å². The Balaban J connectivity index is 0.000000228. The molecule has 0 fully saturated rings. The number of benzene rings is 6. The zero-order valence-corrected chi connectivity index (χ0v) is 36.5. The molecule has 0 aliphatic carbocycles. The second-order valence-electron chi connectivity index (χ2n) is 15.9. The van der Waals surface area contributed by atoms with Crippen LogP contribution in [0.25, 0.3) is 43.6 Å². The summed E-state index contributed by atoms with van der Waals surface area (Å²) >= 11 is 5.89. The number of carboxylic acid groups (broad SMARTS) is 1. The highest BCUT2D eigenvalue weighted by Crippen LogP contribution is 2.54. The van der Waals surface area contributed by atoms with E-state index in [9.17, 15) is 54.9 Å². The Morgan fingerprint density at radius 2 is 1.13 bits per heavy atom. The maximum Gasteiger partial charge on any atom is 0.307 e. The van der Waals surface area contributed by atoms with Gasteiger partial charge in [0.15, 0.2) is 35.6 Å². The van der Waals surface area contributed by atoms with Crippen LogP contribution in [-0.4, -0.2) is 71.9 Å². The van der Waals surface area contributed by atoms with Gasteiger partial charge in [0.2, 0.25) is 0 Å². The fourth-order valence-corrected chi connectivity index (χ4v) is 8.68. The van der Waals surface area contributed by atoms with Crippen LogP contribution >= 0.6 is 11.6 Å². The molecular formula is C49H46ClNO12. The molecule has 13 nitrogen and oxygen atoms in total. The van der Waals surface area contributed by atoms with Crippen LogP contribution in [0.4, 0.5) is 0 Å². The van der Waals surface area contributed by atoms with Gasteiger partial charge >= 0.3 is 5.97 Å². The van der Waals surface area contributed by atoms with Crippen molar-refractivity contribution in [1.82, 2.24) is 4.57 Å². The summed E-state index contributed by atoms with van der Waals surface area (Å²) < 4.78 is 6.77. The number of carbonyl (C=O) groups is 4. The summed E-state index contributed by atoms with van der Waals surface area (Å²) in [5.74, 6) is -4.16. The fraction of sp³-hybridized carbons (Fsp3) is 0.224. The lowest BCUT2D eigenvalue weighted by atomic mass is 9.83. The van der Waals surface area contributed by atoms with Gasteiger partial charge in [0, 0.05) is 54.7 Å². The fourth-order valence-electron chi connectivity index (χ4n) is 8.55. The number of aliphatic carboxylic acids is 1. The molecule has 0 amide bonds. The maximum atomic E-state index is 13.0. The largest absolute Gasteiger partial charge is 0.507 e. The number of rotatable bonds is 9. The zero-order chi connectivity index (χ0) is 46.5. The van der Waals surface area contributed by atoms with Crippen molar-refractivity contribution >= 4 is 68.5 Å². The van der Waals surface area contributed by atoms with Gasteiger partial charge in [-0.2, -0.15) is 0 Å². The van der Waals surface area contributed by atoms with E-state index >= 15 is 0 Å². The third kappa shape index (κ3) is 7.58. The molecule has 0 radical (unpaired) electrons. The van der Waals surface area contributed by atoms with Crippen molar-refractivity contribution in [1.29, 1.82) is 0 Å². The topological polar surface area (TPSA) is 224 Å². The van der Waals surface area contributed by atoms with Crippen molar-refractivity contribution in [3.8, 4) is 51.4 Å². The van der Waals surface area contributed by atoms with E-state index in [1.165, 1.54) is 4.57 Å². The number of carbonyl (C=O) groups excluding carboxylic acids is 3. The lowest BCUT2D eigenvalue weighted by molar-refractivity contribution is -0.136. The van der Waals surface area contributed by atoms with E-state index < -0.39 is 40.5 Å². The standard InChI is InChI=1S/C30H30O8.C19H16ClNO4/c1-11(2)19-15-7-13(5)21(27(35)23(15)17(9-31)25(33)29(19)37)22-14(6)8-16-20(12(3)4)30(38)26(34)18(10-32)24(16)28(22)36;1-11-15(10-18(22)23)16-9-14(25-2)7-8-17(16)21(11)19(24)12-3-5-13(20)6-4-12/h7-12,33-38H,1-6H3;3-9H,10H2,1-2H3,(H,22,23). The first kappa shape index (κ1) is 45.3. The summed E-state index contributed by atoms with van der Waals surface area (Å²) in [5.41, 5.74) is 3.66. The molecule has 326 valence electrons. The van der Waals surface area contributed by atoms with E-state index in [2.05, 4.69) is 0 Å². The number of hydrogen-bond acceptors (Lipinski definition) is 11. The molecular weight excluding hydrogens is 830 g/mol. The molecule has 63 heavy (non-hydrogen) atoms. The highest BCUT2D eigenvalue weighted by atomic mass is 35.5. The quantitative estimate of drug-likeness (QED) is 0.0531. The van der Waals surface area contributed by atoms with E-state index in [1.54, 1.807) is 110 Å². The first-order chi connectivity index (χ1) is 29.7. The normalized spacial score (nSPS) is 11.3. The molecule has 0 saturated carbocycles. The third-order valence-electron chi connectivity index (χ3n) is 11.4. The molecule has 7 rings (SSSR count). The Hall–Kier alpha value is -7.25. The maximum absolute atomic E-state index is 13.0. The van der Waals surface area contributed by atoms with Crippen molar-refractivity contribution < 1.29 is 59.7 Å². The van der Waals surface area contributed by atoms with E-state index in [1.807, 2.05) is 0 Å². The lowest BCUT2D eigenvalue weighted by Crippen LogP contribution is -2.14. The van der Waals surface area contributed by atoms with Crippen LogP contribution in [0.3, 0.4) is 0 Å². The first-order valence-electron chi connectivity index (χ1n) is 19.8. The van der Waals surface area contributed by atoms with Crippen molar-refractivity contribution in [2.75, 3.05) is 7.11 Å². The number of ether oxygens (including phenoxy) is 1. The van der Waals surface area contributed by atoms with Gasteiger partial charge in [-0.1, -0.05) is 51.4 Å². The van der Waals surface area contributed by atoms with E-state index in [0.29, 0.717) is 84.1 Å². The number of aldehydes is 2. The predicted molar refractivity (Wildman–Crippen MR) is 241 cm³/mol. The van der Waals surface area contributed by atoms with E-state index in [4.69, 9.17) is 16.3 Å². The van der Waals surface area contributed by atoms with Crippen molar-refractivity contribution in [3.63, 3.8) is 0 Å². The van der Waals surface area contributed by atoms with Crippen LogP contribution in [-0.2, 0) is 11.2 Å². The Labute approximate surface area is 366 Å². The lowest BCUT2D eigenvalue weighted by Gasteiger charge is -2.23. The van der Waals surface area contributed by atoms with E-state index in [0.717, 1.165) is 0 Å². The number of phenols is 6. The van der Waals surface area contributed by atoms with Crippen molar-refractivity contribution in [2.45, 2.75) is 66.7 Å². The summed E-state index contributed by atoms with van der Waals surface area (Å²) in [6.45, 7) is 12.3. The van der Waals surface area contributed by atoms with Crippen LogP contribution < -0.4 is 4.74 Å². The number of methoxy groups -OCH3 is 1. The molecule has 0 atom stereocenters. The number of carboxylic acids is 1. The summed E-state index contributed by atoms with van der Waals surface area (Å²) in [6.07, 6.45) is 0.512. The second kappa shape index (κ2) is 17.3. The van der Waals surface area contributed by atoms with Crippen LogP contribution in [0.5, 0.6) is 40.2 Å². The smallest absolute Gasteiger partial charge is 0.307 e. The van der Waals surface area contributed by atoms with Gasteiger partial charge in [-0.15, -0.1) is 0 Å². The SMILES string of the molecule is COc1ccc2c(c1)c(CC(=O)O)c(C)n2C(=O)c1ccc(Cl)cc1.Cc1cc2c(C(C)C)c(O)c(O)c(C=O)c2c(O)c1-c1c(C)cc2c(C(C)C)c(O)c(O)c(C=O)c2c1O. The average molecular weight is 876 g/mol. The van der Waals surface area contributed by atoms with Crippen LogP contribution in [0.2, 0.25) is 5.02 Å². The number of nitrogens with zero attached hydrogens (tertiary/aromatic N) is 1. The summed E-state index contributed by atoms with van der Waals surface area (Å²) in [5, 5.41) is 76.8. The highest BCUT2D eigenvalue weighted by Gasteiger charge is 2.30. The van der Waals surface area contributed by atoms with Crippen LogP contribution in [0, 0.1) is 20.8 Å². The number of aromatic nitrogens is 1. The molecule has 0 aliphatic heterocycles. The second-order valence-corrected chi connectivity index (χ2v) is 16.4. The van der Waals surface area contributed by atoms with Gasteiger partial charge in [-0.3, -0.25) is 23.7 Å². The molecule has 1 heterocycles. The third-order valence-corrected chi connectivity index (χ3v) is 11.6. The minimum atomic E-state index is -0.955. The Morgan fingerprint density at radius 3 is 1.52 bits per heavy atom. The van der Waals surface area contributed by atoms with Crippen molar-refractivity contribution in [3.05, 3.63) is 110 Å². The van der Waals surface area contributed by atoms with E-state index in [-0.39, 0.29) is 57.2 Å². The summed E-state index contributed by atoms with van der Waals surface area (Å²) in [4.78, 5) is 48.3. The Bertz CT molecular complexity index is 2930. The molecule has 0 spiro atoms. The average Bonchev–Trinajstić information content (AvgIpc) is 3.49. The molecule has 0 bridgehead atoms. The molecule has 0 saturated heterocycles. The Kier molecular flexibility index (Phi) is 12.4. The van der Waals surface area contributed by atoms with Gasteiger partial charge in [0.1, 0.15) is 17.2 Å². The van der Waals surface area contributed by atoms with Gasteiger partial charge in [0.25, 0.3) is 5.91 Å². The molecule has 1 aromatic heterocycles. The van der Waals surface area contributed by atoms with Gasteiger partial charge < -0.3 is 40.5 Å². The van der Waals surface area contributed by atoms with Gasteiger partial charge in [-0.25, -0.2) is 0 Å². The molecule has 7 N–H and O–H groups in total. The molecule has 14 heteroatoms. The summed E-state index contributed by atoms with van der Waals surface area (Å²) in [6, 6.07) is 15.2. The number of phenolic OH excluding ortho intramolecular Hbond substituents is 6. The van der Waals surface area contributed by atoms with Crippen LogP contribution in [0.15, 0.2) is 54.6 Å². The summed E-state index contributed by atoms with van der Waals surface area (Å²) in [7, 11) is 1.54. The number of aryl methyl sites for hydroxylation is 2. The number of halogens is 1. The predicted octanol–water partition coefficient (Wildman–Crippen LogP) is 10.3. The Morgan fingerprint density at radius 1 is 0.667 bits per heavy atom. The number of aromatic hydroxyl groups is 6. The zero-order valence-electron chi connectivity index (χ0n) is 35.7. The first-order valence-corrected chi connectivity index (χ1v) is 20.2. The van der Waals surface area contributed by atoms with Crippen molar-refractivity contribution in [2.24, 2.45) is 0 Å². The minimum absolute atomic E-state index is 0.00512.